The minimum absolute atomic E-state index is 0.00371. The first-order chi connectivity index (χ1) is 18.3. The Bertz CT molecular complexity index is 1420. The van der Waals surface area contributed by atoms with Crippen molar-refractivity contribution in [2.24, 2.45) is 0 Å². The monoisotopic (exact) mass is 542 g/mol. The number of amides is 2. The van der Waals surface area contributed by atoms with Gasteiger partial charge >= 0.3 is 6.18 Å². The Balaban J connectivity index is 1.32. The zero-order valence-electron chi connectivity index (χ0n) is 19.8. The molecular weight excluding hydrogens is 521 g/mol. The Morgan fingerprint density at radius 2 is 1.76 bits per heavy atom. The number of piperazine rings is 1. The molecule has 2 amide bonds. The molecule has 3 aromatic heterocycles. The number of hydrogen-bond acceptors (Lipinski definition) is 7. The lowest BCUT2D eigenvalue weighted by Crippen LogP contribution is -2.51. The number of rotatable bonds is 6. The maximum Gasteiger partial charge on any atom is 0.416 e. The van der Waals surface area contributed by atoms with Crippen LogP contribution in [-0.2, 0) is 11.0 Å². The molecule has 1 aliphatic heterocycles. The number of benzene rings is 1. The number of nitrogens with zero attached hydrogens (tertiary/aromatic N) is 6. The molecule has 0 atom stereocenters. The highest BCUT2D eigenvalue weighted by Crippen LogP contribution is 2.33. The van der Waals surface area contributed by atoms with Crippen molar-refractivity contribution in [2.45, 2.75) is 11.3 Å². The van der Waals surface area contributed by atoms with Gasteiger partial charge in [-0.05, 0) is 42.5 Å². The van der Waals surface area contributed by atoms with E-state index in [4.69, 9.17) is 4.42 Å². The molecular formula is C25H21F3N6O3S. The molecule has 1 aromatic carbocycles. The van der Waals surface area contributed by atoms with Gasteiger partial charge in [-0.1, -0.05) is 17.8 Å². The summed E-state index contributed by atoms with van der Waals surface area (Å²) in [5, 5.41) is 8.63. The van der Waals surface area contributed by atoms with E-state index in [9.17, 15) is 22.8 Å². The first-order valence-electron chi connectivity index (χ1n) is 11.6. The number of hydrogen-bond donors (Lipinski definition) is 0. The number of carbonyl (C=O) groups is 2. The van der Waals surface area contributed by atoms with Gasteiger partial charge in [0, 0.05) is 44.1 Å². The molecule has 4 heterocycles. The van der Waals surface area contributed by atoms with Crippen LogP contribution in [0, 0.1) is 0 Å². The molecule has 9 nitrogen and oxygen atoms in total. The maximum absolute atomic E-state index is 13.4. The van der Waals surface area contributed by atoms with Crippen molar-refractivity contribution < 1.29 is 27.2 Å². The van der Waals surface area contributed by atoms with Crippen molar-refractivity contribution in [1.29, 1.82) is 0 Å². The molecule has 0 spiro atoms. The number of alkyl halides is 3. The fourth-order valence-electron chi connectivity index (χ4n) is 4.03. The van der Waals surface area contributed by atoms with Gasteiger partial charge < -0.3 is 14.2 Å². The Labute approximate surface area is 219 Å². The molecule has 13 heteroatoms. The van der Waals surface area contributed by atoms with Gasteiger partial charge in [-0.25, -0.2) is 0 Å². The van der Waals surface area contributed by atoms with Gasteiger partial charge in [0.05, 0.1) is 23.3 Å². The maximum atomic E-state index is 13.4. The van der Waals surface area contributed by atoms with E-state index < -0.39 is 11.7 Å². The molecule has 196 valence electrons. The van der Waals surface area contributed by atoms with E-state index in [0.717, 1.165) is 23.9 Å². The van der Waals surface area contributed by atoms with Crippen molar-refractivity contribution >= 4 is 23.6 Å². The summed E-state index contributed by atoms with van der Waals surface area (Å²) in [7, 11) is 0. The molecule has 1 saturated heterocycles. The van der Waals surface area contributed by atoms with Crippen LogP contribution in [0.3, 0.4) is 0 Å². The molecule has 38 heavy (non-hydrogen) atoms. The van der Waals surface area contributed by atoms with Gasteiger partial charge in [0.1, 0.15) is 0 Å². The topological polar surface area (TPSA) is 97.4 Å². The summed E-state index contributed by atoms with van der Waals surface area (Å²) in [6, 6.07) is 11.5. The second kappa shape index (κ2) is 10.7. The predicted molar refractivity (Wildman–Crippen MR) is 132 cm³/mol. The Morgan fingerprint density at radius 3 is 2.45 bits per heavy atom. The quantitative estimate of drug-likeness (QED) is 0.340. The smallest absolute Gasteiger partial charge is 0.416 e. The highest BCUT2D eigenvalue weighted by molar-refractivity contribution is 7.99. The van der Waals surface area contributed by atoms with Crippen LogP contribution in [-0.4, -0.2) is 73.3 Å². The van der Waals surface area contributed by atoms with Gasteiger partial charge in [0.15, 0.2) is 16.7 Å². The summed E-state index contributed by atoms with van der Waals surface area (Å²) >= 11 is 1.08. The standard InChI is InChI=1S/C25H21F3N6O3S/c26-25(27,28)18-5-1-6-19(14-18)34-22(17-4-2-8-29-15-17)30-31-24(34)38-16-21(35)32-9-11-33(12-10-32)23(36)20-7-3-13-37-20/h1-8,13-15H,9-12,16H2. The predicted octanol–water partition coefficient (Wildman–Crippen LogP) is 4.02. The molecule has 0 aliphatic carbocycles. The SMILES string of the molecule is O=C(CSc1nnc(-c2cccnc2)n1-c1cccc(C(F)(F)F)c1)N1CCN(C(=O)c2ccco2)CC1. The van der Waals surface area contributed by atoms with Crippen LogP contribution in [0.15, 0.2) is 76.8 Å². The molecule has 4 aromatic rings. The number of thioether (sulfide) groups is 1. The summed E-state index contributed by atoms with van der Waals surface area (Å²) < 4.78 is 46.9. The van der Waals surface area contributed by atoms with E-state index in [0.29, 0.717) is 37.6 Å². The average Bonchev–Trinajstić information content (AvgIpc) is 3.62. The largest absolute Gasteiger partial charge is 0.459 e. The normalized spacial score (nSPS) is 14.1. The molecule has 0 bridgehead atoms. The van der Waals surface area contributed by atoms with E-state index in [-0.39, 0.29) is 34.2 Å². The van der Waals surface area contributed by atoms with Crippen LogP contribution in [0.2, 0.25) is 0 Å². The van der Waals surface area contributed by atoms with E-state index in [1.54, 1.807) is 40.3 Å². The summed E-state index contributed by atoms with van der Waals surface area (Å²) in [5.74, 6) is 0.141. The Kier molecular flexibility index (Phi) is 7.18. The molecule has 1 fully saturated rings. The van der Waals surface area contributed by atoms with Crippen LogP contribution >= 0.6 is 11.8 Å². The van der Waals surface area contributed by atoms with Crippen LogP contribution < -0.4 is 0 Å². The number of pyridine rings is 1. The van der Waals surface area contributed by atoms with Gasteiger partial charge in [0.2, 0.25) is 5.91 Å². The number of carbonyl (C=O) groups excluding carboxylic acids is 2. The molecule has 0 unspecified atom stereocenters. The molecule has 0 saturated carbocycles. The molecule has 1 aliphatic rings. The molecule has 0 radical (unpaired) electrons. The first-order valence-corrected chi connectivity index (χ1v) is 12.6. The van der Waals surface area contributed by atoms with Crippen molar-refractivity contribution in [3.05, 3.63) is 78.5 Å². The van der Waals surface area contributed by atoms with Crippen LogP contribution in [0.5, 0.6) is 0 Å². The van der Waals surface area contributed by atoms with E-state index in [1.165, 1.54) is 29.2 Å². The second-order valence-electron chi connectivity index (χ2n) is 8.37. The van der Waals surface area contributed by atoms with E-state index >= 15 is 0 Å². The summed E-state index contributed by atoms with van der Waals surface area (Å²) in [6.07, 6.45) is 0.0201. The number of halogens is 3. The third-order valence-corrected chi connectivity index (χ3v) is 6.87. The third kappa shape index (κ3) is 5.42. The minimum atomic E-state index is -4.53. The zero-order chi connectivity index (χ0) is 26.7. The van der Waals surface area contributed by atoms with Gasteiger partial charge in [-0.3, -0.25) is 19.1 Å². The summed E-state index contributed by atoms with van der Waals surface area (Å²) in [4.78, 5) is 32.8. The summed E-state index contributed by atoms with van der Waals surface area (Å²) in [6.45, 7) is 1.43. The van der Waals surface area contributed by atoms with Gasteiger partial charge in [-0.2, -0.15) is 13.2 Å². The zero-order valence-corrected chi connectivity index (χ0v) is 20.7. The van der Waals surface area contributed by atoms with Gasteiger partial charge in [0.25, 0.3) is 5.91 Å². The lowest BCUT2D eigenvalue weighted by molar-refractivity contribution is -0.137. The lowest BCUT2D eigenvalue weighted by Gasteiger charge is -2.34. The summed E-state index contributed by atoms with van der Waals surface area (Å²) in [5.41, 5.74) is -0.0357. The highest BCUT2D eigenvalue weighted by Gasteiger charge is 2.31. The second-order valence-corrected chi connectivity index (χ2v) is 9.31. The van der Waals surface area contributed by atoms with Crippen molar-refractivity contribution in [1.82, 2.24) is 29.5 Å². The number of aromatic nitrogens is 4. The van der Waals surface area contributed by atoms with Crippen LogP contribution in [0.4, 0.5) is 13.2 Å². The molecule has 5 rings (SSSR count). The lowest BCUT2D eigenvalue weighted by atomic mass is 10.2. The number of furan rings is 1. The van der Waals surface area contributed by atoms with Crippen molar-refractivity contribution in [2.75, 3.05) is 31.9 Å². The van der Waals surface area contributed by atoms with E-state index in [1.807, 2.05) is 0 Å². The fraction of sp³-hybridized carbons (Fsp3) is 0.240. The van der Waals surface area contributed by atoms with E-state index in [2.05, 4.69) is 15.2 Å². The van der Waals surface area contributed by atoms with Crippen molar-refractivity contribution in [3.63, 3.8) is 0 Å². The minimum Gasteiger partial charge on any atom is -0.459 e. The average molecular weight is 543 g/mol. The van der Waals surface area contributed by atoms with Crippen molar-refractivity contribution in [3.8, 4) is 17.1 Å². The molecule has 0 N–H and O–H groups in total. The van der Waals surface area contributed by atoms with Crippen LogP contribution in [0.1, 0.15) is 16.1 Å². The van der Waals surface area contributed by atoms with Gasteiger partial charge in [-0.15, -0.1) is 10.2 Å². The fourth-order valence-corrected chi connectivity index (χ4v) is 4.89. The van der Waals surface area contributed by atoms with Crippen LogP contribution in [0.25, 0.3) is 17.1 Å². The highest BCUT2D eigenvalue weighted by atomic mass is 32.2. The Hall–Kier alpha value is -4.13. The third-order valence-electron chi connectivity index (χ3n) is 5.96. The Morgan fingerprint density at radius 1 is 0.974 bits per heavy atom. The first kappa shape index (κ1) is 25.5.